The molecule has 0 N–H and O–H groups in total. The van der Waals surface area contributed by atoms with Crippen LogP contribution in [0.4, 0.5) is 0 Å². The first-order valence-corrected chi connectivity index (χ1v) is 20.8. The normalized spacial score (nSPS) is 13.2. The van der Waals surface area contributed by atoms with Gasteiger partial charge in [0.2, 0.25) is 0 Å². The van der Waals surface area contributed by atoms with Crippen molar-refractivity contribution in [2.75, 3.05) is 0 Å². The van der Waals surface area contributed by atoms with Gasteiger partial charge in [-0.1, -0.05) is 218 Å². The molecule has 11 aromatic rings. The fourth-order valence-corrected chi connectivity index (χ4v) is 8.81. The number of fused-ring (bicyclic) bond motifs is 2. The van der Waals surface area contributed by atoms with E-state index in [9.17, 15) is 6.85 Å². The third kappa shape index (κ3) is 7.16. The summed E-state index contributed by atoms with van der Waals surface area (Å²) in [6.07, 6.45) is 0. The molecule has 11 aromatic carbocycles. The van der Waals surface area contributed by atoms with Crippen molar-refractivity contribution in [2.45, 2.75) is 0 Å². The molecule has 1 nitrogen and oxygen atoms in total. The van der Waals surface area contributed by atoms with E-state index in [-0.39, 0.29) is 27.9 Å². The van der Waals surface area contributed by atoms with Crippen molar-refractivity contribution >= 4 is 21.5 Å². The lowest BCUT2D eigenvalue weighted by Gasteiger charge is -2.25. The number of rotatable bonds is 9. The van der Waals surface area contributed by atoms with E-state index in [0.29, 0.717) is 33.4 Å². The highest BCUT2D eigenvalue weighted by Crippen LogP contribution is 2.52. The zero-order valence-corrected chi connectivity index (χ0v) is 34.0. The van der Waals surface area contributed by atoms with E-state index in [1.54, 1.807) is 12.1 Å². The Morgan fingerprint density at radius 2 is 0.714 bits per heavy atom. The van der Waals surface area contributed by atoms with Crippen molar-refractivity contribution in [2.24, 2.45) is 0 Å². The molecule has 0 bridgehead atoms. The Balaban J connectivity index is 1.38. The molecule has 11 rings (SSSR count). The number of hydrogen-bond acceptors (Lipinski definition) is 1. The standard InChI is InChI=1S/C62H42O/c1-7-22-43(23-8-1)51-36-21-37-52(44-24-9-2-10-25-44)60(51)48-40-56(45-26-11-3-12-27-45)62(57(41-48)46-28-13-4-14-29-46)61-54-35-20-19-34-53(54)59(47-30-15-5-16-31-47)58-42-50(38-39-55(58)61)63-49-32-17-6-18-33-49/h1-42H/i5D,15D,16D,19D,20D,30D,31D,34D,35D. The van der Waals surface area contributed by atoms with Crippen LogP contribution in [-0.2, 0) is 0 Å². The van der Waals surface area contributed by atoms with Crippen LogP contribution < -0.4 is 4.74 Å². The minimum Gasteiger partial charge on any atom is -0.457 e. The maximum absolute atomic E-state index is 9.93. The van der Waals surface area contributed by atoms with Gasteiger partial charge in [-0.3, -0.25) is 0 Å². The number of para-hydroxylation sites is 1. The average molecular weight is 812 g/mol. The molecular weight excluding hydrogens is 761 g/mol. The van der Waals surface area contributed by atoms with Crippen molar-refractivity contribution in [1.29, 1.82) is 0 Å². The maximum atomic E-state index is 9.93. The summed E-state index contributed by atoms with van der Waals surface area (Å²) in [6, 6.07) is 61.2. The van der Waals surface area contributed by atoms with Gasteiger partial charge in [-0.05, 0) is 136 Å². The summed E-state index contributed by atoms with van der Waals surface area (Å²) >= 11 is 0. The first-order valence-electron chi connectivity index (χ1n) is 25.3. The summed E-state index contributed by atoms with van der Waals surface area (Å²) in [5, 5.41) is 0.995. The van der Waals surface area contributed by atoms with Gasteiger partial charge < -0.3 is 4.74 Å². The van der Waals surface area contributed by atoms with Gasteiger partial charge in [0.05, 0.1) is 12.3 Å². The zero-order valence-electron chi connectivity index (χ0n) is 43.0. The van der Waals surface area contributed by atoms with E-state index in [2.05, 4.69) is 54.6 Å². The summed E-state index contributed by atoms with van der Waals surface area (Å²) in [6.45, 7) is 0. The Morgan fingerprint density at radius 3 is 1.24 bits per heavy atom. The van der Waals surface area contributed by atoms with Crippen LogP contribution in [0.25, 0.3) is 99.4 Å². The van der Waals surface area contributed by atoms with Gasteiger partial charge in [0.15, 0.2) is 0 Å². The summed E-state index contributed by atoms with van der Waals surface area (Å²) in [5.74, 6) is 0.893. The van der Waals surface area contributed by atoms with E-state index in [1.165, 1.54) is 0 Å². The first-order chi connectivity index (χ1) is 35.0. The lowest BCUT2D eigenvalue weighted by atomic mass is 9.78. The van der Waals surface area contributed by atoms with Crippen molar-refractivity contribution < 1.29 is 17.1 Å². The molecule has 0 amide bonds. The minimum absolute atomic E-state index is 0.00165. The second-order valence-electron chi connectivity index (χ2n) is 15.3. The molecule has 0 aliphatic heterocycles. The van der Waals surface area contributed by atoms with Crippen LogP contribution in [0, 0.1) is 0 Å². The molecule has 0 atom stereocenters. The van der Waals surface area contributed by atoms with E-state index in [4.69, 9.17) is 10.2 Å². The Morgan fingerprint density at radius 1 is 0.254 bits per heavy atom. The van der Waals surface area contributed by atoms with Gasteiger partial charge in [-0.2, -0.15) is 0 Å². The molecule has 0 aromatic heterocycles. The zero-order chi connectivity index (χ0) is 49.8. The molecule has 0 aliphatic carbocycles. The van der Waals surface area contributed by atoms with Crippen molar-refractivity contribution in [1.82, 2.24) is 0 Å². The second-order valence-corrected chi connectivity index (χ2v) is 15.3. The van der Waals surface area contributed by atoms with E-state index < -0.39 is 48.3 Å². The topological polar surface area (TPSA) is 9.23 Å². The average Bonchev–Trinajstić information content (AvgIpc) is 3.43. The Bertz CT molecular complexity index is 3760. The molecule has 63 heavy (non-hydrogen) atoms. The molecule has 0 saturated carbocycles. The predicted molar refractivity (Wildman–Crippen MR) is 266 cm³/mol. The summed E-state index contributed by atoms with van der Waals surface area (Å²) in [5.41, 5.74) is 10.2. The predicted octanol–water partition coefficient (Wildman–Crippen LogP) is 17.5. The van der Waals surface area contributed by atoms with Gasteiger partial charge in [-0.15, -0.1) is 0 Å². The summed E-state index contributed by atoms with van der Waals surface area (Å²) < 4.78 is 89.5. The lowest BCUT2D eigenvalue weighted by Crippen LogP contribution is -1.98. The van der Waals surface area contributed by atoms with E-state index >= 15 is 0 Å². The molecule has 1 heteroatoms. The van der Waals surface area contributed by atoms with Gasteiger partial charge in [0.1, 0.15) is 11.5 Å². The van der Waals surface area contributed by atoms with E-state index in [0.717, 1.165) is 55.6 Å². The second kappa shape index (κ2) is 16.7. The molecule has 0 spiro atoms. The Hall–Kier alpha value is -8.26. The minimum atomic E-state index is -0.585. The van der Waals surface area contributed by atoms with Crippen LogP contribution in [0.2, 0.25) is 0 Å². The SMILES string of the molecule is [2H]c1c([2H])c([2H])c(-c2c3cc(Oc4ccccc4)ccc3c(-c3c(-c4ccccc4)cc(-c4c(-c5ccccc5)cccc4-c4ccccc4)cc3-c3ccccc3)c3c([2H])c([2H])c([2H])c([2H])c23)c([2H])c1[2H]. The smallest absolute Gasteiger partial charge is 0.128 e. The molecular formula is C62H42O. The molecule has 296 valence electrons. The van der Waals surface area contributed by atoms with Gasteiger partial charge >= 0.3 is 0 Å². The van der Waals surface area contributed by atoms with Crippen LogP contribution >= 0.6 is 0 Å². The van der Waals surface area contributed by atoms with Crippen LogP contribution in [0.3, 0.4) is 0 Å². The quantitative estimate of drug-likeness (QED) is 0.132. The molecule has 0 saturated heterocycles. The Kier molecular flexibility index (Phi) is 7.69. The number of ether oxygens (including phenoxy) is 1. The van der Waals surface area contributed by atoms with Crippen LogP contribution in [0.1, 0.15) is 12.3 Å². The molecule has 0 unspecified atom stereocenters. The number of hydrogen-bond donors (Lipinski definition) is 0. The highest BCUT2D eigenvalue weighted by atomic mass is 16.5. The highest BCUT2D eigenvalue weighted by Gasteiger charge is 2.25. The first kappa shape index (κ1) is 29.1. The monoisotopic (exact) mass is 811 g/mol. The third-order valence-corrected chi connectivity index (χ3v) is 11.5. The fourth-order valence-electron chi connectivity index (χ4n) is 8.81. The van der Waals surface area contributed by atoms with Gasteiger partial charge in [0.25, 0.3) is 0 Å². The highest BCUT2D eigenvalue weighted by molar-refractivity contribution is 6.24. The van der Waals surface area contributed by atoms with E-state index in [1.807, 2.05) is 133 Å². The van der Waals surface area contributed by atoms with Crippen LogP contribution in [0.5, 0.6) is 11.5 Å². The van der Waals surface area contributed by atoms with Crippen molar-refractivity contribution in [3.05, 3.63) is 255 Å². The lowest BCUT2D eigenvalue weighted by molar-refractivity contribution is 0.483. The molecule has 0 aliphatic rings. The van der Waals surface area contributed by atoms with Crippen LogP contribution in [0.15, 0.2) is 255 Å². The summed E-state index contributed by atoms with van der Waals surface area (Å²) in [4.78, 5) is 0. The van der Waals surface area contributed by atoms with Crippen LogP contribution in [-0.4, -0.2) is 0 Å². The van der Waals surface area contributed by atoms with Crippen molar-refractivity contribution in [3.63, 3.8) is 0 Å². The summed E-state index contributed by atoms with van der Waals surface area (Å²) in [7, 11) is 0. The fraction of sp³-hybridized carbons (Fsp3) is 0. The van der Waals surface area contributed by atoms with Gasteiger partial charge in [-0.25, -0.2) is 0 Å². The third-order valence-electron chi connectivity index (χ3n) is 11.5. The van der Waals surface area contributed by atoms with Crippen molar-refractivity contribution in [3.8, 4) is 89.4 Å². The molecule has 0 heterocycles. The maximum Gasteiger partial charge on any atom is 0.128 e. The molecule has 0 radical (unpaired) electrons. The van der Waals surface area contributed by atoms with Gasteiger partial charge in [0, 0.05) is 0 Å². The number of benzene rings is 11. The molecule has 0 fully saturated rings. The largest absolute Gasteiger partial charge is 0.457 e. The Labute approximate surface area is 381 Å².